The molecule has 22 heavy (non-hydrogen) atoms. The summed E-state index contributed by atoms with van der Waals surface area (Å²) in [5, 5.41) is 13.5. The molecule has 3 heterocycles. The minimum absolute atomic E-state index is 0.0482. The largest absolute Gasteiger partial charge is 0.368 e. The summed E-state index contributed by atoms with van der Waals surface area (Å²) < 4.78 is 55.0. The lowest BCUT2D eigenvalue weighted by molar-refractivity contribution is 0.113. The minimum Gasteiger partial charge on any atom is -0.368 e. The van der Waals surface area contributed by atoms with Gasteiger partial charge in [-0.15, -0.1) is 0 Å². The first-order chi connectivity index (χ1) is 11.3. The fourth-order valence-corrected chi connectivity index (χ4v) is 7.59. The lowest BCUT2D eigenvalue weighted by Crippen LogP contribution is -2.46. The van der Waals surface area contributed by atoms with Crippen LogP contribution < -0.4 is 10.2 Å². The number of hydrogen-bond donors (Lipinski definition) is 3. The Morgan fingerprint density at radius 2 is 1.86 bits per heavy atom. The molecule has 0 aliphatic carbocycles. The van der Waals surface area contributed by atoms with Crippen molar-refractivity contribution in [3.63, 3.8) is 0 Å². The van der Waals surface area contributed by atoms with Gasteiger partial charge in [-0.1, -0.05) is 0 Å². The number of nitrogens with zero attached hydrogens (tertiary/aromatic N) is 2. The molecule has 2 atom stereocenters. The van der Waals surface area contributed by atoms with Gasteiger partial charge in [-0.25, -0.2) is 15.2 Å². The maximum absolute atomic E-state index is 13.4. The second kappa shape index (κ2) is 6.17. The van der Waals surface area contributed by atoms with E-state index in [1.54, 1.807) is 0 Å². The SMILES string of the molecule is [2H]C([2H])(n1ccnc1)C(O)(P1(=O)NCCCO1)P1(=O)NCCCO1. The molecule has 0 spiro atoms. The molecular formula is C11H20N4O5P2. The van der Waals surface area contributed by atoms with E-state index in [2.05, 4.69) is 15.2 Å². The first-order valence-corrected chi connectivity index (χ1v) is 10.2. The standard InChI is InChI=1S/C11H20N4O5P2/c16-11(9-15-6-5-12-10-15,21(17)13-3-1-7-19-21)22(18)14-4-2-8-20-22/h5-6,10,16H,1-4,7-9H2,(H,13,17)(H,14,18)/i9D2. The molecule has 3 rings (SSSR count). The van der Waals surface area contributed by atoms with E-state index in [4.69, 9.17) is 11.8 Å². The molecule has 0 aromatic carbocycles. The van der Waals surface area contributed by atoms with Crippen LogP contribution in [0.3, 0.4) is 0 Å². The lowest BCUT2D eigenvalue weighted by atomic mass is 10.5. The molecule has 9 nitrogen and oxygen atoms in total. The third kappa shape index (κ3) is 2.71. The summed E-state index contributed by atoms with van der Waals surface area (Å²) in [6.07, 6.45) is 4.72. The Morgan fingerprint density at radius 3 is 2.27 bits per heavy atom. The van der Waals surface area contributed by atoms with Crippen LogP contribution in [0.25, 0.3) is 0 Å². The predicted molar refractivity (Wildman–Crippen MR) is 79.5 cm³/mol. The molecule has 2 saturated heterocycles. The van der Waals surface area contributed by atoms with Crippen LogP contribution in [-0.4, -0.2) is 46.0 Å². The average Bonchev–Trinajstić information content (AvgIpc) is 3.10. The maximum Gasteiger partial charge on any atom is 0.314 e. The summed E-state index contributed by atoms with van der Waals surface area (Å²) in [6.45, 7) is -2.21. The number of imidazole rings is 1. The second-order valence-corrected chi connectivity index (χ2v) is 10.0. The van der Waals surface area contributed by atoms with Gasteiger partial charge in [0.15, 0.2) is 0 Å². The van der Waals surface area contributed by atoms with E-state index in [1.807, 2.05) is 0 Å². The van der Waals surface area contributed by atoms with Crippen molar-refractivity contribution in [3.05, 3.63) is 18.7 Å². The van der Waals surface area contributed by atoms with Gasteiger partial charge in [-0.05, 0) is 12.8 Å². The first kappa shape index (κ1) is 13.9. The average molecular weight is 352 g/mol. The lowest BCUT2D eigenvalue weighted by Gasteiger charge is -2.43. The summed E-state index contributed by atoms with van der Waals surface area (Å²) in [5.41, 5.74) is 0. The predicted octanol–water partition coefficient (Wildman–Crippen LogP) is 0.935. The molecule has 1 aromatic rings. The van der Waals surface area contributed by atoms with Gasteiger partial charge in [0.2, 0.25) is 0 Å². The second-order valence-electron chi connectivity index (χ2n) is 5.01. The van der Waals surface area contributed by atoms with Gasteiger partial charge >= 0.3 is 15.0 Å². The highest BCUT2D eigenvalue weighted by molar-refractivity contribution is 7.76. The molecule has 0 radical (unpaired) electrons. The third-order valence-corrected chi connectivity index (χ3v) is 9.23. The Balaban J connectivity index is 2.17. The van der Waals surface area contributed by atoms with Crippen molar-refractivity contribution in [2.75, 3.05) is 26.3 Å². The van der Waals surface area contributed by atoms with E-state index < -0.39 is 26.6 Å². The number of nitrogens with one attached hydrogen (secondary N) is 2. The molecule has 0 amide bonds. The van der Waals surface area contributed by atoms with Crippen molar-refractivity contribution in [2.45, 2.75) is 24.4 Å². The zero-order valence-corrected chi connectivity index (χ0v) is 13.6. The van der Waals surface area contributed by atoms with Crippen LogP contribution in [0, 0.1) is 0 Å². The quantitative estimate of drug-likeness (QED) is 0.686. The summed E-state index contributed by atoms with van der Waals surface area (Å²) in [6, 6.07) is 0. The Labute approximate surface area is 131 Å². The number of hydrogen-bond acceptors (Lipinski definition) is 6. The summed E-state index contributed by atoms with van der Waals surface area (Å²) in [5.74, 6) is 0. The molecule has 2 aliphatic heterocycles. The van der Waals surface area contributed by atoms with Crippen molar-refractivity contribution in [1.29, 1.82) is 0 Å². The first-order valence-electron chi connectivity index (χ1n) is 7.97. The molecule has 2 aliphatic rings. The van der Waals surface area contributed by atoms with E-state index in [-0.39, 0.29) is 26.3 Å². The summed E-state index contributed by atoms with van der Waals surface area (Å²) in [4.78, 5) is 3.75. The fourth-order valence-electron chi connectivity index (χ4n) is 2.28. The van der Waals surface area contributed by atoms with Crippen molar-refractivity contribution < 1.29 is 26.0 Å². The van der Waals surface area contributed by atoms with Gasteiger partial charge in [0, 0.05) is 25.5 Å². The van der Waals surface area contributed by atoms with Gasteiger partial charge < -0.3 is 18.7 Å². The highest BCUT2D eigenvalue weighted by atomic mass is 31.2. The highest BCUT2D eigenvalue weighted by Crippen LogP contribution is 2.73. The van der Waals surface area contributed by atoms with E-state index in [0.717, 1.165) is 10.9 Å². The van der Waals surface area contributed by atoms with Crippen LogP contribution in [0.15, 0.2) is 18.7 Å². The van der Waals surface area contributed by atoms with Crippen LogP contribution >= 0.6 is 15.0 Å². The van der Waals surface area contributed by atoms with E-state index in [1.165, 1.54) is 12.4 Å². The van der Waals surface area contributed by atoms with Gasteiger partial charge in [-0.2, -0.15) is 0 Å². The number of rotatable bonds is 4. The molecule has 0 bridgehead atoms. The van der Waals surface area contributed by atoms with Crippen LogP contribution in [-0.2, 0) is 24.7 Å². The molecule has 3 N–H and O–H groups in total. The van der Waals surface area contributed by atoms with Crippen molar-refractivity contribution in [1.82, 2.24) is 19.7 Å². The summed E-state index contributed by atoms with van der Waals surface area (Å²) >= 11 is 0. The monoisotopic (exact) mass is 352 g/mol. The van der Waals surface area contributed by atoms with Crippen molar-refractivity contribution >= 4 is 15.0 Å². The van der Waals surface area contributed by atoms with E-state index in [9.17, 15) is 14.2 Å². The third-order valence-electron chi connectivity index (χ3n) is 3.43. The van der Waals surface area contributed by atoms with E-state index >= 15 is 0 Å². The van der Waals surface area contributed by atoms with Gasteiger partial charge in [-0.3, -0.25) is 9.13 Å². The maximum atomic E-state index is 13.4. The summed E-state index contributed by atoms with van der Waals surface area (Å²) in [7, 11) is -8.60. The zero-order chi connectivity index (χ0) is 17.5. The zero-order valence-electron chi connectivity index (χ0n) is 13.8. The van der Waals surface area contributed by atoms with Crippen LogP contribution in [0.4, 0.5) is 0 Å². The van der Waals surface area contributed by atoms with Crippen molar-refractivity contribution in [2.24, 2.45) is 0 Å². The number of aliphatic hydroxyl groups is 1. The van der Waals surface area contributed by atoms with E-state index in [0.29, 0.717) is 12.8 Å². The van der Waals surface area contributed by atoms with Gasteiger partial charge in [0.1, 0.15) is 0 Å². The Morgan fingerprint density at radius 1 is 1.27 bits per heavy atom. The Hall–Kier alpha value is -0.530. The van der Waals surface area contributed by atoms with Crippen LogP contribution in [0.2, 0.25) is 0 Å². The molecule has 0 saturated carbocycles. The molecular weight excluding hydrogens is 330 g/mol. The Bertz CT molecular complexity index is 634. The van der Waals surface area contributed by atoms with Crippen LogP contribution in [0.5, 0.6) is 0 Å². The highest BCUT2D eigenvalue weighted by Gasteiger charge is 2.63. The normalized spacial score (nSPS) is 37.9. The molecule has 1 aromatic heterocycles. The Kier molecular flexibility index (Phi) is 3.89. The molecule has 2 fully saturated rings. The minimum atomic E-state index is -4.30. The molecule has 2 unspecified atom stereocenters. The van der Waals surface area contributed by atoms with Crippen molar-refractivity contribution in [3.8, 4) is 0 Å². The fraction of sp³-hybridized carbons (Fsp3) is 0.727. The molecule has 11 heteroatoms. The smallest absolute Gasteiger partial charge is 0.314 e. The number of aromatic nitrogens is 2. The van der Waals surface area contributed by atoms with Crippen LogP contribution in [0.1, 0.15) is 15.6 Å². The topological polar surface area (TPSA) is 115 Å². The van der Waals surface area contributed by atoms with Gasteiger partial charge in [0.05, 0.1) is 28.8 Å². The molecule has 124 valence electrons. The van der Waals surface area contributed by atoms with Gasteiger partial charge in [0.25, 0.3) is 5.08 Å².